The molecule has 4 nitrogen and oxygen atoms in total. The third-order valence-corrected chi connectivity index (χ3v) is 2.78. The topological polar surface area (TPSA) is 53.2 Å². The lowest BCUT2D eigenvalue weighted by atomic mass is 10.1. The zero-order chi connectivity index (χ0) is 12.3. The Kier molecular flexibility index (Phi) is 3.88. The first-order chi connectivity index (χ1) is 7.51. The minimum atomic E-state index is -0.306. The van der Waals surface area contributed by atoms with Crippen LogP contribution in [0.1, 0.15) is 35.5 Å². The smallest absolute Gasteiger partial charge is 0.261 e. The Morgan fingerprint density at radius 2 is 1.88 bits per heavy atom. The SMILES string of the molecule is CCN(CC)C(=O)c1cc(C)c(C)[nH]c1=O. The van der Waals surface area contributed by atoms with Crippen LogP contribution in [0.3, 0.4) is 0 Å². The normalized spacial score (nSPS) is 10.2. The zero-order valence-corrected chi connectivity index (χ0v) is 10.3. The highest BCUT2D eigenvalue weighted by atomic mass is 16.2. The molecule has 0 bridgehead atoms. The molecule has 0 aliphatic rings. The standard InChI is InChI=1S/C12H18N2O2/c1-5-14(6-2)12(16)10-7-8(3)9(4)13-11(10)15/h7H,5-6H2,1-4H3,(H,13,15). The van der Waals surface area contributed by atoms with E-state index in [-0.39, 0.29) is 17.0 Å². The Bertz CT molecular complexity index is 445. The molecular weight excluding hydrogens is 204 g/mol. The largest absolute Gasteiger partial charge is 0.339 e. The first-order valence-corrected chi connectivity index (χ1v) is 5.51. The van der Waals surface area contributed by atoms with E-state index in [0.29, 0.717) is 13.1 Å². The van der Waals surface area contributed by atoms with Crippen molar-refractivity contribution in [2.24, 2.45) is 0 Å². The highest BCUT2D eigenvalue weighted by Crippen LogP contribution is 2.05. The number of rotatable bonds is 3. The number of hydrogen-bond donors (Lipinski definition) is 1. The number of amides is 1. The maximum Gasteiger partial charge on any atom is 0.261 e. The van der Waals surface area contributed by atoms with Gasteiger partial charge in [-0.05, 0) is 39.3 Å². The lowest BCUT2D eigenvalue weighted by Gasteiger charge is -2.18. The van der Waals surface area contributed by atoms with E-state index in [2.05, 4.69) is 4.98 Å². The van der Waals surface area contributed by atoms with Crippen molar-refractivity contribution in [1.29, 1.82) is 0 Å². The second-order valence-corrected chi connectivity index (χ2v) is 3.80. The van der Waals surface area contributed by atoms with Gasteiger partial charge in [0.15, 0.2) is 0 Å². The Morgan fingerprint density at radius 1 is 1.31 bits per heavy atom. The third kappa shape index (κ3) is 2.32. The van der Waals surface area contributed by atoms with Gasteiger partial charge in [0.2, 0.25) is 0 Å². The summed E-state index contributed by atoms with van der Waals surface area (Å²) in [5.74, 6) is -0.200. The van der Waals surface area contributed by atoms with E-state index in [1.807, 2.05) is 27.7 Å². The number of H-pyrrole nitrogens is 1. The molecule has 1 aromatic heterocycles. The number of carbonyl (C=O) groups excluding carboxylic acids is 1. The van der Waals surface area contributed by atoms with Gasteiger partial charge in [-0.3, -0.25) is 9.59 Å². The molecule has 4 heteroatoms. The molecule has 1 rings (SSSR count). The van der Waals surface area contributed by atoms with Crippen LogP contribution in [0.5, 0.6) is 0 Å². The minimum Gasteiger partial charge on any atom is -0.339 e. The van der Waals surface area contributed by atoms with Crippen molar-refractivity contribution >= 4 is 5.91 Å². The molecule has 0 aliphatic heterocycles. The van der Waals surface area contributed by atoms with E-state index in [4.69, 9.17) is 0 Å². The first-order valence-electron chi connectivity index (χ1n) is 5.51. The third-order valence-electron chi connectivity index (χ3n) is 2.78. The lowest BCUT2D eigenvalue weighted by Crippen LogP contribution is -2.34. The van der Waals surface area contributed by atoms with Gasteiger partial charge in [0.05, 0.1) is 0 Å². The quantitative estimate of drug-likeness (QED) is 0.842. The van der Waals surface area contributed by atoms with Gasteiger partial charge >= 0.3 is 0 Å². The predicted molar refractivity (Wildman–Crippen MR) is 63.8 cm³/mol. The number of pyridine rings is 1. The molecule has 0 radical (unpaired) electrons. The summed E-state index contributed by atoms with van der Waals surface area (Å²) in [5, 5.41) is 0. The van der Waals surface area contributed by atoms with Crippen molar-refractivity contribution in [1.82, 2.24) is 9.88 Å². The number of nitrogens with one attached hydrogen (secondary N) is 1. The summed E-state index contributed by atoms with van der Waals surface area (Å²) >= 11 is 0. The Balaban J connectivity index is 3.19. The van der Waals surface area contributed by atoms with Crippen molar-refractivity contribution < 1.29 is 4.79 Å². The van der Waals surface area contributed by atoms with Crippen LogP contribution in [0.15, 0.2) is 10.9 Å². The second-order valence-electron chi connectivity index (χ2n) is 3.80. The van der Waals surface area contributed by atoms with Crippen LogP contribution in [0.4, 0.5) is 0 Å². The van der Waals surface area contributed by atoms with Gasteiger partial charge in [0.1, 0.15) is 5.56 Å². The number of carbonyl (C=O) groups is 1. The van der Waals surface area contributed by atoms with Gasteiger partial charge in [-0.2, -0.15) is 0 Å². The van der Waals surface area contributed by atoms with Gasteiger partial charge in [0, 0.05) is 18.8 Å². The van der Waals surface area contributed by atoms with E-state index in [1.165, 1.54) is 0 Å². The molecule has 0 atom stereocenters. The van der Waals surface area contributed by atoms with E-state index in [1.54, 1.807) is 11.0 Å². The van der Waals surface area contributed by atoms with E-state index < -0.39 is 0 Å². The van der Waals surface area contributed by atoms with Crippen LogP contribution >= 0.6 is 0 Å². The molecule has 1 amide bonds. The highest BCUT2D eigenvalue weighted by molar-refractivity contribution is 5.94. The molecule has 88 valence electrons. The fraction of sp³-hybridized carbons (Fsp3) is 0.500. The summed E-state index contributed by atoms with van der Waals surface area (Å²) in [4.78, 5) is 28.0. The average molecular weight is 222 g/mol. The van der Waals surface area contributed by atoms with Crippen molar-refractivity contribution in [3.63, 3.8) is 0 Å². The van der Waals surface area contributed by atoms with Crippen LogP contribution < -0.4 is 5.56 Å². The summed E-state index contributed by atoms with van der Waals surface area (Å²) in [5.41, 5.74) is 1.66. The molecule has 1 aromatic rings. The number of hydrogen-bond acceptors (Lipinski definition) is 2. The summed E-state index contributed by atoms with van der Waals surface area (Å²) in [6.45, 7) is 8.73. The molecule has 0 spiro atoms. The van der Waals surface area contributed by atoms with E-state index in [0.717, 1.165) is 11.3 Å². The molecule has 16 heavy (non-hydrogen) atoms. The average Bonchev–Trinajstić information content (AvgIpc) is 2.25. The van der Waals surface area contributed by atoms with Crippen molar-refractivity contribution in [2.45, 2.75) is 27.7 Å². The molecule has 0 aromatic carbocycles. The summed E-state index contributed by atoms with van der Waals surface area (Å²) in [6, 6.07) is 1.66. The molecule has 0 saturated carbocycles. The van der Waals surface area contributed by atoms with Gasteiger partial charge < -0.3 is 9.88 Å². The second kappa shape index (κ2) is 4.96. The molecule has 0 fully saturated rings. The van der Waals surface area contributed by atoms with E-state index in [9.17, 15) is 9.59 Å². The number of aromatic nitrogens is 1. The zero-order valence-electron chi connectivity index (χ0n) is 10.3. The molecule has 0 aliphatic carbocycles. The van der Waals surface area contributed by atoms with Gasteiger partial charge in [-0.15, -0.1) is 0 Å². The molecule has 1 N–H and O–H groups in total. The maximum atomic E-state index is 12.0. The fourth-order valence-electron chi connectivity index (χ4n) is 1.57. The van der Waals surface area contributed by atoms with Crippen molar-refractivity contribution in [3.05, 3.63) is 33.2 Å². The summed E-state index contributed by atoms with van der Waals surface area (Å²) < 4.78 is 0. The number of aromatic amines is 1. The predicted octanol–water partition coefficient (Wildman–Crippen LogP) is 1.47. The van der Waals surface area contributed by atoms with Crippen LogP contribution in [-0.2, 0) is 0 Å². The van der Waals surface area contributed by atoms with Crippen LogP contribution in [0, 0.1) is 13.8 Å². The maximum absolute atomic E-state index is 12.0. The summed E-state index contributed by atoms with van der Waals surface area (Å²) in [7, 11) is 0. The fourth-order valence-corrected chi connectivity index (χ4v) is 1.57. The molecule has 0 saturated heterocycles. The molecule has 0 unspecified atom stereocenters. The number of aryl methyl sites for hydroxylation is 2. The van der Waals surface area contributed by atoms with Crippen molar-refractivity contribution in [2.75, 3.05) is 13.1 Å². The van der Waals surface area contributed by atoms with Gasteiger partial charge in [-0.25, -0.2) is 0 Å². The Hall–Kier alpha value is -1.58. The minimum absolute atomic E-state index is 0.200. The Morgan fingerprint density at radius 3 is 2.38 bits per heavy atom. The van der Waals surface area contributed by atoms with Crippen LogP contribution in [0.2, 0.25) is 0 Å². The van der Waals surface area contributed by atoms with Crippen molar-refractivity contribution in [3.8, 4) is 0 Å². The molecule has 1 heterocycles. The monoisotopic (exact) mass is 222 g/mol. The van der Waals surface area contributed by atoms with Crippen LogP contribution in [-0.4, -0.2) is 28.9 Å². The summed E-state index contributed by atoms with van der Waals surface area (Å²) in [6.07, 6.45) is 0. The first kappa shape index (κ1) is 12.5. The Labute approximate surface area is 95.3 Å². The van der Waals surface area contributed by atoms with Gasteiger partial charge in [0.25, 0.3) is 11.5 Å². The number of nitrogens with zero attached hydrogens (tertiary/aromatic N) is 1. The van der Waals surface area contributed by atoms with E-state index >= 15 is 0 Å². The lowest BCUT2D eigenvalue weighted by molar-refractivity contribution is 0.0771. The van der Waals surface area contributed by atoms with Crippen LogP contribution in [0.25, 0.3) is 0 Å². The van der Waals surface area contributed by atoms with Gasteiger partial charge in [-0.1, -0.05) is 0 Å². The molecular formula is C12H18N2O2. The highest BCUT2D eigenvalue weighted by Gasteiger charge is 2.16.